The number of fused-ring (bicyclic) bond motifs is 2. The Labute approximate surface area is 155 Å². The molecule has 3 aromatic heterocycles. The van der Waals surface area contributed by atoms with Crippen LogP contribution < -0.4 is 5.32 Å². The minimum absolute atomic E-state index is 0.549. The van der Waals surface area contributed by atoms with E-state index in [-0.39, 0.29) is 0 Å². The van der Waals surface area contributed by atoms with Crippen molar-refractivity contribution < 1.29 is 0 Å². The van der Waals surface area contributed by atoms with Crippen molar-refractivity contribution in [3.8, 4) is 11.4 Å². The fourth-order valence-corrected chi connectivity index (χ4v) is 4.77. The van der Waals surface area contributed by atoms with Crippen LogP contribution in [0.4, 0.5) is 0 Å². The molecule has 4 aromatic rings. The topological polar surface area (TPSA) is 68.5 Å². The van der Waals surface area contributed by atoms with Crippen LogP contribution in [0.2, 0.25) is 0 Å². The Morgan fingerprint density at radius 3 is 2.88 bits per heavy atom. The molecule has 6 nitrogen and oxygen atoms in total. The summed E-state index contributed by atoms with van der Waals surface area (Å²) in [5, 5.41) is 10.2. The Morgan fingerprint density at radius 2 is 2.04 bits per heavy atom. The molecule has 4 heterocycles. The van der Waals surface area contributed by atoms with E-state index in [1.807, 2.05) is 24.1 Å². The summed E-state index contributed by atoms with van der Waals surface area (Å²) in [7, 11) is 1.95. The average Bonchev–Trinajstić information content (AvgIpc) is 3.24. The quantitative estimate of drug-likeness (QED) is 0.590. The predicted molar refractivity (Wildman–Crippen MR) is 104 cm³/mol. The van der Waals surface area contributed by atoms with Gasteiger partial charge in [-0.05, 0) is 50.6 Å². The molecule has 0 unspecified atom stereocenters. The van der Waals surface area contributed by atoms with E-state index in [1.54, 1.807) is 11.3 Å². The number of nitrogens with zero attached hydrogens (tertiary/aromatic N) is 5. The average molecular weight is 364 g/mol. The third-order valence-electron chi connectivity index (χ3n) is 5.03. The minimum Gasteiger partial charge on any atom is -0.317 e. The predicted octanol–water partition coefficient (Wildman–Crippen LogP) is 3.42. The molecule has 132 valence electrons. The number of thiazole rings is 1. The zero-order valence-corrected chi connectivity index (χ0v) is 15.7. The summed E-state index contributed by atoms with van der Waals surface area (Å²) in [6.07, 6.45) is 6.20. The molecule has 0 amide bonds. The maximum absolute atomic E-state index is 4.82. The lowest BCUT2D eigenvalue weighted by molar-refractivity contribution is 0.459. The Kier molecular flexibility index (Phi) is 3.72. The van der Waals surface area contributed by atoms with Gasteiger partial charge in [0.25, 0.3) is 0 Å². The van der Waals surface area contributed by atoms with Gasteiger partial charge in [-0.2, -0.15) is 5.10 Å². The van der Waals surface area contributed by atoms with Crippen molar-refractivity contribution in [1.29, 1.82) is 0 Å². The molecule has 0 bridgehead atoms. The first-order valence-electron chi connectivity index (χ1n) is 8.96. The molecule has 1 saturated heterocycles. The first kappa shape index (κ1) is 15.8. The van der Waals surface area contributed by atoms with Gasteiger partial charge in [-0.15, -0.1) is 0 Å². The molecule has 5 rings (SSSR count). The van der Waals surface area contributed by atoms with E-state index < -0.39 is 0 Å². The molecular weight excluding hydrogens is 344 g/mol. The summed E-state index contributed by atoms with van der Waals surface area (Å²) in [4.78, 5) is 15.2. The lowest BCUT2D eigenvalue weighted by Crippen LogP contribution is -2.26. The maximum Gasteiger partial charge on any atom is 0.160 e. The van der Waals surface area contributed by atoms with Gasteiger partial charge in [0.15, 0.2) is 5.82 Å². The molecule has 26 heavy (non-hydrogen) atoms. The van der Waals surface area contributed by atoms with E-state index in [1.165, 1.54) is 5.01 Å². The van der Waals surface area contributed by atoms with Crippen LogP contribution in [0.15, 0.2) is 24.5 Å². The highest BCUT2D eigenvalue weighted by Gasteiger charge is 2.20. The Morgan fingerprint density at radius 1 is 1.19 bits per heavy atom. The zero-order chi connectivity index (χ0) is 17.7. The van der Waals surface area contributed by atoms with Crippen LogP contribution in [0.3, 0.4) is 0 Å². The molecule has 7 heteroatoms. The van der Waals surface area contributed by atoms with Gasteiger partial charge in [0.05, 0.1) is 16.7 Å². The summed E-state index contributed by atoms with van der Waals surface area (Å²) in [5.41, 5.74) is 4.11. The molecule has 1 aliphatic rings. The lowest BCUT2D eigenvalue weighted by atomic mass is 9.99. The zero-order valence-electron chi connectivity index (χ0n) is 14.9. The van der Waals surface area contributed by atoms with Crippen molar-refractivity contribution in [2.45, 2.75) is 25.7 Å². The molecule has 0 saturated carbocycles. The summed E-state index contributed by atoms with van der Waals surface area (Å²) < 4.78 is 1.85. The van der Waals surface area contributed by atoms with E-state index in [4.69, 9.17) is 9.97 Å². The van der Waals surface area contributed by atoms with Crippen LogP contribution in [0.25, 0.3) is 32.6 Å². The number of nitrogens with one attached hydrogen (secondary N) is 1. The van der Waals surface area contributed by atoms with Crippen molar-refractivity contribution in [1.82, 2.24) is 30.0 Å². The van der Waals surface area contributed by atoms with Gasteiger partial charge >= 0.3 is 0 Å². The minimum atomic E-state index is 0.549. The smallest absolute Gasteiger partial charge is 0.160 e. The van der Waals surface area contributed by atoms with Gasteiger partial charge < -0.3 is 5.32 Å². The summed E-state index contributed by atoms with van der Waals surface area (Å²) in [6.45, 7) is 4.23. The molecular formula is C19H20N6S. The molecule has 0 spiro atoms. The Hall–Kier alpha value is -2.38. The van der Waals surface area contributed by atoms with Crippen LogP contribution in [0.5, 0.6) is 0 Å². The highest BCUT2D eigenvalue weighted by Crippen LogP contribution is 2.32. The van der Waals surface area contributed by atoms with E-state index in [0.29, 0.717) is 5.92 Å². The lowest BCUT2D eigenvalue weighted by Gasteiger charge is -2.20. The second-order valence-corrected chi connectivity index (χ2v) is 8.00. The van der Waals surface area contributed by atoms with Crippen LogP contribution in [-0.2, 0) is 7.05 Å². The fraction of sp³-hybridized carbons (Fsp3) is 0.368. The molecule has 1 N–H and O–H groups in total. The molecule has 1 fully saturated rings. The highest BCUT2D eigenvalue weighted by atomic mass is 32.1. The van der Waals surface area contributed by atoms with Gasteiger partial charge in [-0.25, -0.2) is 15.0 Å². The molecule has 1 aliphatic heterocycles. The number of hydrogen-bond acceptors (Lipinski definition) is 6. The van der Waals surface area contributed by atoms with Crippen LogP contribution in [0.1, 0.15) is 29.3 Å². The van der Waals surface area contributed by atoms with Crippen LogP contribution in [-0.4, -0.2) is 37.8 Å². The van der Waals surface area contributed by atoms with Gasteiger partial charge in [0.2, 0.25) is 0 Å². The van der Waals surface area contributed by atoms with Gasteiger partial charge in [-0.1, -0.05) is 11.3 Å². The standard InChI is InChI=1S/C19H20N6S/c1-11-7-13(8-14-10-25(2)24-16(11)14)17-21-9-15-19(23-17)26-18(22-15)12-3-5-20-6-4-12/h7-10,12,20H,3-6H2,1-2H3. The number of aromatic nitrogens is 5. The largest absolute Gasteiger partial charge is 0.317 e. The number of aryl methyl sites for hydroxylation is 2. The first-order valence-corrected chi connectivity index (χ1v) is 9.77. The molecule has 0 aliphatic carbocycles. The van der Waals surface area contributed by atoms with Crippen molar-refractivity contribution >= 4 is 32.6 Å². The van der Waals surface area contributed by atoms with E-state index in [9.17, 15) is 0 Å². The fourth-order valence-electron chi connectivity index (χ4n) is 3.69. The number of rotatable bonds is 2. The third-order valence-corrected chi connectivity index (χ3v) is 6.16. The van der Waals surface area contributed by atoms with Crippen molar-refractivity contribution in [3.05, 3.63) is 35.1 Å². The number of benzene rings is 1. The van der Waals surface area contributed by atoms with Crippen LogP contribution in [0, 0.1) is 6.92 Å². The Balaban J connectivity index is 1.56. The Bertz CT molecular complexity index is 1110. The second kappa shape index (κ2) is 6.10. The van der Waals surface area contributed by atoms with Gasteiger partial charge in [0, 0.05) is 30.1 Å². The van der Waals surface area contributed by atoms with Crippen molar-refractivity contribution in [2.75, 3.05) is 13.1 Å². The monoisotopic (exact) mass is 364 g/mol. The van der Waals surface area contributed by atoms with E-state index in [2.05, 4.69) is 34.5 Å². The first-order chi connectivity index (χ1) is 12.7. The second-order valence-electron chi connectivity index (χ2n) is 6.99. The highest BCUT2D eigenvalue weighted by molar-refractivity contribution is 7.18. The number of piperidine rings is 1. The molecule has 1 aromatic carbocycles. The third kappa shape index (κ3) is 2.68. The van der Waals surface area contributed by atoms with E-state index >= 15 is 0 Å². The molecule has 0 radical (unpaired) electrons. The normalized spacial score (nSPS) is 15.9. The summed E-state index contributed by atoms with van der Waals surface area (Å²) >= 11 is 1.72. The molecule has 0 atom stereocenters. The maximum atomic E-state index is 4.82. The SMILES string of the molecule is Cc1cc(-c2ncc3nc(C4CCNCC4)sc3n2)cc2cn(C)nc12. The van der Waals surface area contributed by atoms with Crippen LogP contribution >= 0.6 is 11.3 Å². The summed E-state index contributed by atoms with van der Waals surface area (Å²) in [6, 6.07) is 4.23. The summed E-state index contributed by atoms with van der Waals surface area (Å²) in [5.74, 6) is 1.31. The number of hydrogen-bond donors (Lipinski definition) is 1. The van der Waals surface area contributed by atoms with Gasteiger partial charge in [0.1, 0.15) is 10.3 Å². The van der Waals surface area contributed by atoms with E-state index in [0.717, 1.165) is 64.1 Å². The van der Waals surface area contributed by atoms with Crippen molar-refractivity contribution in [3.63, 3.8) is 0 Å². The van der Waals surface area contributed by atoms with Gasteiger partial charge in [-0.3, -0.25) is 4.68 Å². The van der Waals surface area contributed by atoms with Crippen molar-refractivity contribution in [2.24, 2.45) is 7.05 Å².